The highest BCUT2D eigenvalue weighted by atomic mass is 35.5. The van der Waals surface area contributed by atoms with E-state index in [0.29, 0.717) is 30.6 Å². The van der Waals surface area contributed by atoms with Crippen molar-refractivity contribution >= 4 is 17.7 Å². The van der Waals surface area contributed by atoms with E-state index < -0.39 is 0 Å². The maximum Gasteiger partial charge on any atom is 0.410 e. The summed E-state index contributed by atoms with van der Waals surface area (Å²) >= 11 is 6.00. The molecule has 0 N–H and O–H groups in total. The van der Waals surface area contributed by atoms with Gasteiger partial charge in [-0.2, -0.15) is 0 Å². The van der Waals surface area contributed by atoms with Gasteiger partial charge in [-0.1, -0.05) is 24.9 Å². The minimum Gasteiger partial charge on any atom is -0.483 e. The molecule has 20 heavy (non-hydrogen) atoms. The van der Waals surface area contributed by atoms with Crippen molar-refractivity contribution in [3.63, 3.8) is 0 Å². The Morgan fingerprint density at radius 1 is 1.50 bits per heavy atom. The van der Waals surface area contributed by atoms with Gasteiger partial charge in [0, 0.05) is 5.69 Å². The van der Waals surface area contributed by atoms with Crippen LogP contribution in [0.4, 0.5) is 4.79 Å². The molecule has 1 aromatic rings. The van der Waals surface area contributed by atoms with Crippen LogP contribution in [0.15, 0.2) is 12.1 Å². The number of nitrogens with zero attached hydrogens (tertiary/aromatic N) is 2. The Labute approximate surface area is 123 Å². The summed E-state index contributed by atoms with van der Waals surface area (Å²) in [6.45, 7) is 5.45. The van der Waals surface area contributed by atoms with E-state index in [9.17, 15) is 4.79 Å². The number of unbranched alkanes of at least 4 members (excludes halogenated alkanes) is 1. The van der Waals surface area contributed by atoms with E-state index in [-0.39, 0.29) is 12.2 Å². The average Bonchev–Trinajstić information content (AvgIpc) is 2.35. The molecule has 0 bridgehead atoms. The predicted molar refractivity (Wildman–Crippen MR) is 76.2 cm³/mol. The number of rotatable bonds is 5. The smallest absolute Gasteiger partial charge is 0.410 e. The zero-order valence-corrected chi connectivity index (χ0v) is 12.5. The highest BCUT2D eigenvalue weighted by Crippen LogP contribution is 2.25. The Kier molecular flexibility index (Phi) is 5.06. The van der Waals surface area contributed by atoms with Crippen LogP contribution >= 0.6 is 11.6 Å². The summed E-state index contributed by atoms with van der Waals surface area (Å²) in [5.41, 5.74) is 0.845. The third kappa shape index (κ3) is 3.76. The summed E-state index contributed by atoms with van der Waals surface area (Å²) in [6, 6.07) is 3.64. The first kappa shape index (κ1) is 14.9. The van der Waals surface area contributed by atoms with Crippen LogP contribution in [0.3, 0.4) is 0 Å². The molecule has 2 rings (SSSR count). The summed E-state index contributed by atoms with van der Waals surface area (Å²) in [7, 11) is 0. The van der Waals surface area contributed by atoms with Crippen molar-refractivity contribution in [3.05, 3.63) is 23.0 Å². The third-order valence-corrected chi connectivity index (χ3v) is 3.35. The molecule has 1 aliphatic heterocycles. The molecule has 0 unspecified atom stereocenters. The van der Waals surface area contributed by atoms with Gasteiger partial charge in [-0.05, 0) is 25.5 Å². The number of hydrogen-bond acceptors (Lipinski definition) is 4. The number of amides is 1. The van der Waals surface area contributed by atoms with Gasteiger partial charge in [-0.25, -0.2) is 9.78 Å². The first-order chi connectivity index (χ1) is 9.60. The summed E-state index contributed by atoms with van der Waals surface area (Å²) in [5, 5.41) is 0.356. The number of carbonyl (C=O) groups excluding carboxylic acids is 1. The standard InChI is InChI=1S/C14H19ClN2O3/c1-3-4-7-19-14(18)17-8-11(9-17)20-12-6-5-10(2)16-13(12)15/h5-6,11H,3-4,7-9H2,1-2H3. The van der Waals surface area contributed by atoms with Crippen LogP contribution in [0, 0.1) is 6.92 Å². The van der Waals surface area contributed by atoms with Crippen molar-refractivity contribution in [2.75, 3.05) is 19.7 Å². The van der Waals surface area contributed by atoms with Gasteiger partial charge in [0.25, 0.3) is 0 Å². The Morgan fingerprint density at radius 2 is 2.25 bits per heavy atom. The van der Waals surface area contributed by atoms with Gasteiger partial charge >= 0.3 is 6.09 Å². The SMILES string of the molecule is CCCCOC(=O)N1CC(Oc2ccc(C)nc2Cl)C1. The van der Waals surface area contributed by atoms with E-state index in [1.165, 1.54) is 0 Å². The molecular formula is C14H19ClN2O3. The highest BCUT2D eigenvalue weighted by molar-refractivity contribution is 6.30. The van der Waals surface area contributed by atoms with Gasteiger partial charge in [-0.15, -0.1) is 0 Å². The van der Waals surface area contributed by atoms with Crippen LogP contribution in [-0.4, -0.2) is 41.8 Å². The summed E-state index contributed by atoms with van der Waals surface area (Å²) < 4.78 is 10.8. The Balaban J connectivity index is 1.75. The number of aromatic nitrogens is 1. The van der Waals surface area contributed by atoms with E-state index in [2.05, 4.69) is 11.9 Å². The Morgan fingerprint density at radius 3 is 2.90 bits per heavy atom. The minimum absolute atomic E-state index is 0.0456. The summed E-state index contributed by atoms with van der Waals surface area (Å²) in [6.07, 6.45) is 1.59. The molecule has 2 heterocycles. The zero-order chi connectivity index (χ0) is 14.5. The minimum atomic E-state index is -0.272. The molecule has 0 radical (unpaired) electrons. The average molecular weight is 299 g/mol. The van der Waals surface area contributed by atoms with Gasteiger partial charge in [0.05, 0.1) is 19.7 Å². The van der Waals surface area contributed by atoms with Crippen molar-refractivity contribution in [1.82, 2.24) is 9.88 Å². The van der Waals surface area contributed by atoms with Crippen LogP contribution in [0.25, 0.3) is 0 Å². The third-order valence-electron chi connectivity index (χ3n) is 3.08. The first-order valence-corrected chi connectivity index (χ1v) is 7.19. The predicted octanol–water partition coefficient (Wildman–Crippen LogP) is 3.04. The van der Waals surface area contributed by atoms with Crippen molar-refractivity contribution in [2.45, 2.75) is 32.8 Å². The number of hydrogen-bond donors (Lipinski definition) is 0. The molecule has 1 aromatic heterocycles. The quantitative estimate of drug-likeness (QED) is 0.619. The van der Waals surface area contributed by atoms with E-state index >= 15 is 0 Å². The van der Waals surface area contributed by atoms with Crippen molar-refractivity contribution in [3.8, 4) is 5.75 Å². The molecule has 1 fully saturated rings. The maximum absolute atomic E-state index is 11.6. The van der Waals surface area contributed by atoms with Crippen molar-refractivity contribution in [2.24, 2.45) is 0 Å². The van der Waals surface area contributed by atoms with Gasteiger partial charge in [0.15, 0.2) is 10.9 Å². The molecular weight excluding hydrogens is 280 g/mol. The molecule has 5 nitrogen and oxygen atoms in total. The largest absolute Gasteiger partial charge is 0.483 e. The zero-order valence-electron chi connectivity index (χ0n) is 11.8. The second-order valence-corrected chi connectivity index (χ2v) is 5.21. The van der Waals surface area contributed by atoms with E-state index in [1.54, 1.807) is 11.0 Å². The molecule has 1 amide bonds. The number of halogens is 1. The summed E-state index contributed by atoms with van der Waals surface area (Å²) in [5.74, 6) is 0.557. The highest BCUT2D eigenvalue weighted by Gasteiger charge is 2.33. The van der Waals surface area contributed by atoms with E-state index in [1.807, 2.05) is 13.0 Å². The van der Waals surface area contributed by atoms with E-state index in [0.717, 1.165) is 18.5 Å². The number of likely N-dealkylation sites (tertiary alicyclic amines) is 1. The lowest BCUT2D eigenvalue weighted by Gasteiger charge is -2.38. The van der Waals surface area contributed by atoms with Crippen LogP contribution in [-0.2, 0) is 4.74 Å². The fourth-order valence-electron chi connectivity index (χ4n) is 1.84. The molecule has 110 valence electrons. The van der Waals surface area contributed by atoms with Crippen molar-refractivity contribution in [1.29, 1.82) is 0 Å². The molecule has 0 aliphatic carbocycles. The van der Waals surface area contributed by atoms with E-state index in [4.69, 9.17) is 21.1 Å². The molecule has 0 aromatic carbocycles. The number of aryl methyl sites for hydroxylation is 1. The van der Waals surface area contributed by atoms with Gasteiger partial charge in [0.1, 0.15) is 6.10 Å². The molecule has 6 heteroatoms. The number of ether oxygens (including phenoxy) is 2. The van der Waals surface area contributed by atoms with Crippen LogP contribution in [0.2, 0.25) is 5.15 Å². The topological polar surface area (TPSA) is 51.7 Å². The Hall–Kier alpha value is -1.49. The normalized spacial score (nSPS) is 14.8. The Bertz CT molecular complexity index is 475. The van der Waals surface area contributed by atoms with Crippen LogP contribution in [0.5, 0.6) is 5.75 Å². The number of pyridine rings is 1. The second-order valence-electron chi connectivity index (χ2n) is 4.85. The molecule has 1 aliphatic rings. The maximum atomic E-state index is 11.6. The lowest BCUT2D eigenvalue weighted by atomic mass is 10.2. The molecule has 1 saturated heterocycles. The summed E-state index contributed by atoms with van der Waals surface area (Å²) in [4.78, 5) is 17.4. The van der Waals surface area contributed by atoms with Gasteiger partial charge in [-0.3, -0.25) is 0 Å². The number of carbonyl (C=O) groups is 1. The van der Waals surface area contributed by atoms with Crippen LogP contribution in [0.1, 0.15) is 25.5 Å². The van der Waals surface area contributed by atoms with Gasteiger partial charge in [0.2, 0.25) is 0 Å². The first-order valence-electron chi connectivity index (χ1n) is 6.81. The van der Waals surface area contributed by atoms with Crippen molar-refractivity contribution < 1.29 is 14.3 Å². The lowest BCUT2D eigenvalue weighted by molar-refractivity contribution is 0.0108. The fourth-order valence-corrected chi connectivity index (χ4v) is 2.08. The molecule has 0 atom stereocenters. The van der Waals surface area contributed by atoms with Crippen LogP contribution < -0.4 is 4.74 Å². The lowest BCUT2D eigenvalue weighted by Crippen LogP contribution is -2.56. The molecule has 0 saturated carbocycles. The monoisotopic (exact) mass is 298 g/mol. The molecule has 0 spiro atoms. The van der Waals surface area contributed by atoms with Gasteiger partial charge < -0.3 is 14.4 Å². The fraction of sp³-hybridized carbons (Fsp3) is 0.571. The second kappa shape index (κ2) is 6.79.